The minimum atomic E-state index is -0.130. The minimum absolute atomic E-state index is 0.114. The monoisotopic (exact) mass is 342 g/mol. The maximum atomic E-state index is 12.2. The molecule has 1 saturated heterocycles. The zero-order valence-corrected chi connectivity index (χ0v) is 14.9. The van der Waals surface area contributed by atoms with Crippen LogP contribution < -0.4 is 5.32 Å². The number of phenols is 1. The number of hydrogen-bond donors (Lipinski definition) is 2. The lowest BCUT2D eigenvalue weighted by molar-refractivity contribution is 0.0947. The van der Waals surface area contributed by atoms with Gasteiger partial charge >= 0.3 is 0 Å². The van der Waals surface area contributed by atoms with Crippen LogP contribution in [0.4, 0.5) is 0 Å². The van der Waals surface area contributed by atoms with Crippen molar-refractivity contribution >= 4 is 5.91 Å². The standard InChI is InChI=1S/C19H26N4O2/c1-3-23-13-17(14(2)21-23)12-22-8-7-15(11-22)10-20-19(25)16-5-4-6-18(24)9-16/h4-6,9,13,15,24H,3,7-8,10-12H2,1-2H3,(H,20,25)/t15-/m1/s1. The Kier molecular flexibility index (Phi) is 5.38. The van der Waals surface area contributed by atoms with Gasteiger partial charge in [-0.05, 0) is 50.9 Å². The molecular formula is C19H26N4O2. The smallest absolute Gasteiger partial charge is 0.251 e. The van der Waals surface area contributed by atoms with Gasteiger partial charge in [-0.15, -0.1) is 0 Å². The molecule has 3 rings (SSSR count). The average Bonchev–Trinajstić information content (AvgIpc) is 3.19. The molecule has 6 heteroatoms. The highest BCUT2D eigenvalue weighted by Crippen LogP contribution is 2.19. The lowest BCUT2D eigenvalue weighted by Gasteiger charge is -2.16. The predicted molar refractivity (Wildman–Crippen MR) is 96.5 cm³/mol. The van der Waals surface area contributed by atoms with Gasteiger partial charge in [-0.3, -0.25) is 14.4 Å². The molecule has 1 atom stereocenters. The number of benzene rings is 1. The molecule has 134 valence electrons. The maximum Gasteiger partial charge on any atom is 0.251 e. The number of phenolic OH excluding ortho intramolecular Hbond substituents is 1. The number of carbonyl (C=O) groups is 1. The number of rotatable bonds is 6. The lowest BCUT2D eigenvalue weighted by Crippen LogP contribution is -2.30. The van der Waals surface area contributed by atoms with E-state index in [0.717, 1.165) is 38.3 Å². The third kappa shape index (κ3) is 4.39. The van der Waals surface area contributed by atoms with Gasteiger partial charge in [-0.25, -0.2) is 0 Å². The van der Waals surface area contributed by atoms with Gasteiger partial charge in [0.05, 0.1) is 5.69 Å². The first-order valence-electron chi connectivity index (χ1n) is 8.87. The molecule has 1 aliphatic rings. The first-order chi connectivity index (χ1) is 12.0. The van der Waals surface area contributed by atoms with E-state index < -0.39 is 0 Å². The van der Waals surface area contributed by atoms with Crippen molar-refractivity contribution in [2.24, 2.45) is 5.92 Å². The Bertz CT molecular complexity index is 741. The van der Waals surface area contributed by atoms with Crippen LogP contribution in [0.5, 0.6) is 5.75 Å². The Morgan fingerprint density at radius 1 is 1.44 bits per heavy atom. The van der Waals surface area contributed by atoms with Gasteiger partial charge < -0.3 is 10.4 Å². The number of aromatic hydroxyl groups is 1. The van der Waals surface area contributed by atoms with E-state index >= 15 is 0 Å². The summed E-state index contributed by atoms with van der Waals surface area (Å²) < 4.78 is 1.98. The second kappa shape index (κ2) is 7.70. The largest absolute Gasteiger partial charge is 0.508 e. The normalized spacial score (nSPS) is 17.8. The third-order valence-corrected chi connectivity index (χ3v) is 4.80. The second-order valence-electron chi connectivity index (χ2n) is 6.75. The van der Waals surface area contributed by atoms with Crippen LogP contribution in [0.3, 0.4) is 0 Å². The Morgan fingerprint density at radius 2 is 2.28 bits per heavy atom. The maximum absolute atomic E-state index is 12.2. The molecule has 6 nitrogen and oxygen atoms in total. The summed E-state index contributed by atoms with van der Waals surface area (Å²) in [5.41, 5.74) is 2.88. The van der Waals surface area contributed by atoms with E-state index in [0.29, 0.717) is 18.0 Å². The van der Waals surface area contributed by atoms with Gasteiger partial charge in [0.25, 0.3) is 5.91 Å². The summed E-state index contributed by atoms with van der Waals surface area (Å²) in [4.78, 5) is 14.6. The summed E-state index contributed by atoms with van der Waals surface area (Å²) in [5.74, 6) is 0.444. The lowest BCUT2D eigenvalue weighted by atomic mass is 10.1. The first-order valence-corrected chi connectivity index (χ1v) is 8.87. The van der Waals surface area contributed by atoms with Crippen LogP contribution in [-0.4, -0.2) is 45.3 Å². The van der Waals surface area contributed by atoms with E-state index in [1.54, 1.807) is 18.2 Å². The molecule has 0 radical (unpaired) electrons. The van der Waals surface area contributed by atoms with Crippen LogP contribution in [-0.2, 0) is 13.1 Å². The van der Waals surface area contributed by atoms with Crippen LogP contribution in [0.25, 0.3) is 0 Å². The average molecular weight is 342 g/mol. The van der Waals surface area contributed by atoms with Crippen molar-refractivity contribution in [2.45, 2.75) is 33.4 Å². The molecule has 2 N–H and O–H groups in total. The number of nitrogens with one attached hydrogen (secondary N) is 1. The van der Waals surface area contributed by atoms with Crippen LogP contribution in [0.15, 0.2) is 30.5 Å². The van der Waals surface area contributed by atoms with Gasteiger partial charge in [0, 0.05) is 43.5 Å². The van der Waals surface area contributed by atoms with E-state index in [1.165, 1.54) is 11.6 Å². The highest BCUT2D eigenvalue weighted by atomic mass is 16.3. The molecule has 0 aliphatic carbocycles. The molecule has 0 bridgehead atoms. The van der Waals surface area contributed by atoms with Crippen molar-refractivity contribution < 1.29 is 9.90 Å². The molecule has 25 heavy (non-hydrogen) atoms. The van der Waals surface area contributed by atoms with E-state index in [-0.39, 0.29) is 11.7 Å². The summed E-state index contributed by atoms with van der Waals surface area (Å²) in [7, 11) is 0. The molecule has 1 fully saturated rings. The van der Waals surface area contributed by atoms with E-state index in [4.69, 9.17) is 0 Å². The fourth-order valence-electron chi connectivity index (χ4n) is 3.33. The molecule has 1 aromatic carbocycles. The van der Waals surface area contributed by atoms with Crippen LogP contribution >= 0.6 is 0 Å². The van der Waals surface area contributed by atoms with Crippen molar-refractivity contribution in [1.82, 2.24) is 20.0 Å². The highest BCUT2D eigenvalue weighted by Gasteiger charge is 2.24. The van der Waals surface area contributed by atoms with Crippen molar-refractivity contribution in [3.63, 3.8) is 0 Å². The first kappa shape index (κ1) is 17.5. The Labute approximate surface area is 148 Å². The fraction of sp³-hybridized carbons (Fsp3) is 0.474. The van der Waals surface area contributed by atoms with Crippen molar-refractivity contribution in [3.05, 3.63) is 47.3 Å². The zero-order valence-electron chi connectivity index (χ0n) is 14.9. The SMILES string of the molecule is CCn1cc(CN2CC[C@H](CNC(=O)c3cccc(O)c3)C2)c(C)n1. The Hall–Kier alpha value is -2.34. The summed E-state index contributed by atoms with van der Waals surface area (Å²) in [5, 5.41) is 17.0. The molecule has 0 spiro atoms. The number of aromatic nitrogens is 2. The third-order valence-electron chi connectivity index (χ3n) is 4.80. The van der Waals surface area contributed by atoms with Crippen LogP contribution in [0, 0.1) is 12.8 Å². The van der Waals surface area contributed by atoms with Crippen molar-refractivity contribution in [2.75, 3.05) is 19.6 Å². The number of likely N-dealkylation sites (tertiary alicyclic amines) is 1. The van der Waals surface area contributed by atoms with Gasteiger partial charge in [0.1, 0.15) is 5.75 Å². The molecule has 2 aromatic rings. The number of amides is 1. The summed E-state index contributed by atoms with van der Waals surface area (Å²) >= 11 is 0. The fourth-order valence-corrected chi connectivity index (χ4v) is 3.33. The molecule has 1 aromatic heterocycles. The van der Waals surface area contributed by atoms with Crippen molar-refractivity contribution in [1.29, 1.82) is 0 Å². The Morgan fingerprint density at radius 3 is 3.00 bits per heavy atom. The quantitative estimate of drug-likeness (QED) is 0.844. The van der Waals surface area contributed by atoms with E-state index in [9.17, 15) is 9.90 Å². The molecule has 0 unspecified atom stereocenters. The van der Waals surface area contributed by atoms with Gasteiger partial charge in [-0.1, -0.05) is 6.07 Å². The summed E-state index contributed by atoms with van der Waals surface area (Å²) in [6.45, 7) is 8.66. The van der Waals surface area contributed by atoms with Crippen LogP contribution in [0.2, 0.25) is 0 Å². The second-order valence-corrected chi connectivity index (χ2v) is 6.75. The van der Waals surface area contributed by atoms with Gasteiger partial charge in [0.2, 0.25) is 0 Å². The predicted octanol–water partition coefficient (Wildman–Crippen LogP) is 2.17. The van der Waals surface area contributed by atoms with E-state index in [2.05, 4.69) is 35.4 Å². The van der Waals surface area contributed by atoms with Gasteiger partial charge in [0.15, 0.2) is 0 Å². The molecule has 1 amide bonds. The topological polar surface area (TPSA) is 70.4 Å². The van der Waals surface area contributed by atoms with Crippen molar-refractivity contribution in [3.8, 4) is 5.75 Å². The summed E-state index contributed by atoms with van der Waals surface area (Å²) in [6.07, 6.45) is 3.22. The minimum Gasteiger partial charge on any atom is -0.508 e. The van der Waals surface area contributed by atoms with E-state index in [1.807, 2.05) is 4.68 Å². The number of nitrogens with zero attached hydrogens (tertiary/aromatic N) is 3. The molecule has 0 saturated carbocycles. The number of carbonyl (C=O) groups excluding carboxylic acids is 1. The van der Waals surface area contributed by atoms with Crippen LogP contribution in [0.1, 0.15) is 35.0 Å². The molecular weight excluding hydrogens is 316 g/mol. The molecule has 2 heterocycles. The summed E-state index contributed by atoms with van der Waals surface area (Å²) in [6, 6.07) is 6.45. The van der Waals surface area contributed by atoms with Gasteiger partial charge in [-0.2, -0.15) is 5.10 Å². The zero-order chi connectivity index (χ0) is 17.8. The highest BCUT2D eigenvalue weighted by molar-refractivity contribution is 5.94. The molecule has 1 aliphatic heterocycles. The Balaban J connectivity index is 1.48. The number of hydrogen-bond acceptors (Lipinski definition) is 4. The number of aryl methyl sites for hydroxylation is 2.